The Morgan fingerprint density at radius 1 is 1.15 bits per heavy atom. The molecule has 3 nitrogen and oxygen atoms in total. The summed E-state index contributed by atoms with van der Waals surface area (Å²) in [6.45, 7) is 2.03. The molecule has 0 aromatic heterocycles. The predicted octanol–water partition coefficient (Wildman–Crippen LogP) is 1.75. The van der Waals surface area contributed by atoms with Gasteiger partial charge < -0.3 is 15.3 Å². The molecular formula is C10H20O3. The van der Waals surface area contributed by atoms with Crippen molar-refractivity contribution in [2.75, 3.05) is 0 Å². The number of hydrogen-bond acceptors (Lipinski definition) is 3. The van der Waals surface area contributed by atoms with Gasteiger partial charge in [-0.2, -0.15) is 0 Å². The molecule has 0 aliphatic rings. The van der Waals surface area contributed by atoms with Gasteiger partial charge in [0.05, 0.1) is 18.5 Å². The van der Waals surface area contributed by atoms with E-state index < -0.39 is 6.10 Å². The molecule has 0 aliphatic carbocycles. The van der Waals surface area contributed by atoms with Crippen molar-refractivity contribution in [1.82, 2.24) is 0 Å². The van der Waals surface area contributed by atoms with Crippen molar-refractivity contribution in [1.29, 1.82) is 0 Å². The van der Waals surface area contributed by atoms with Gasteiger partial charge in [0, 0.05) is 0 Å². The molecule has 3 N–H and O–H groups in total. The summed E-state index contributed by atoms with van der Waals surface area (Å²) >= 11 is 0. The van der Waals surface area contributed by atoms with E-state index in [-0.39, 0.29) is 6.10 Å². The standard InChI is InChI=1S/C10H20O3/c1-2-4-9(12)5-3-6-10(13)7-8-11/h7-13H,2-6H2,1H3. The number of hydrogen-bond donors (Lipinski definition) is 3. The Hall–Kier alpha value is -0.540. The van der Waals surface area contributed by atoms with Crippen molar-refractivity contribution in [3.8, 4) is 0 Å². The summed E-state index contributed by atoms with van der Waals surface area (Å²) < 4.78 is 0. The molecular weight excluding hydrogens is 168 g/mol. The fourth-order valence-electron chi connectivity index (χ4n) is 1.24. The summed E-state index contributed by atoms with van der Waals surface area (Å²) in [5, 5.41) is 26.8. The van der Waals surface area contributed by atoms with E-state index >= 15 is 0 Å². The maximum Gasteiger partial charge on any atom is 0.0777 e. The van der Waals surface area contributed by atoms with Crippen LogP contribution in [-0.2, 0) is 0 Å². The van der Waals surface area contributed by atoms with Crippen LogP contribution < -0.4 is 0 Å². The molecule has 0 aromatic carbocycles. The van der Waals surface area contributed by atoms with E-state index in [4.69, 9.17) is 10.2 Å². The van der Waals surface area contributed by atoms with Crippen molar-refractivity contribution in [3.05, 3.63) is 12.3 Å². The van der Waals surface area contributed by atoms with Crippen molar-refractivity contribution < 1.29 is 15.3 Å². The SMILES string of the molecule is CCCC(O)CCCC(O)C=CO. The highest BCUT2D eigenvalue weighted by molar-refractivity contribution is 4.81. The van der Waals surface area contributed by atoms with E-state index in [1.807, 2.05) is 6.92 Å². The van der Waals surface area contributed by atoms with E-state index in [1.165, 1.54) is 6.08 Å². The van der Waals surface area contributed by atoms with Gasteiger partial charge in [0.1, 0.15) is 0 Å². The van der Waals surface area contributed by atoms with Gasteiger partial charge in [0.15, 0.2) is 0 Å². The second kappa shape index (κ2) is 8.08. The van der Waals surface area contributed by atoms with Crippen LogP contribution in [-0.4, -0.2) is 27.5 Å². The highest BCUT2D eigenvalue weighted by Crippen LogP contribution is 2.08. The Kier molecular flexibility index (Phi) is 7.74. The molecule has 0 bridgehead atoms. The van der Waals surface area contributed by atoms with E-state index in [0.29, 0.717) is 6.42 Å². The first kappa shape index (κ1) is 12.5. The molecule has 2 unspecified atom stereocenters. The van der Waals surface area contributed by atoms with Gasteiger partial charge in [-0.1, -0.05) is 13.3 Å². The van der Waals surface area contributed by atoms with Gasteiger partial charge in [-0.05, 0) is 31.8 Å². The summed E-state index contributed by atoms with van der Waals surface area (Å²) in [6, 6.07) is 0. The van der Waals surface area contributed by atoms with Gasteiger partial charge >= 0.3 is 0 Å². The van der Waals surface area contributed by atoms with Gasteiger partial charge in [-0.3, -0.25) is 0 Å². The average Bonchev–Trinajstić information content (AvgIpc) is 2.05. The fraction of sp³-hybridized carbons (Fsp3) is 0.800. The van der Waals surface area contributed by atoms with Crippen molar-refractivity contribution in [3.63, 3.8) is 0 Å². The van der Waals surface area contributed by atoms with E-state index in [0.717, 1.165) is 31.9 Å². The molecule has 0 amide bonds. The quantitative estimate of drug-likeness (QED) is 0.533. The minimum atomic E-state index is -0.584. The summed E-state index contributed by atoms with van der Waals surface area (Å²) in [7, 11) is 0. The van der Waals surface area contributed by atoms with Gasteiger partial charge in [-0.15, -0.1) is 0 Å². The van der Waals surface area contributed by atoms with Crippen molar-refractivity contribution >= 4 is 0 Å². The summed E-state index contributed by atoms with van der Waals surface area (Å²) in [5.41, 5.74) is 0. The largest absolute Gasteiger partial charge is 0.516 e. The summed E-state index contributed by atoms with van der Waals surface area (Å²) in [4.78, 5) is 0. The fourth-order valence-corrected chi connectivity index (χ4v) is 1.24. The molecule has 0 aromatic rings. The molecule has 0 spiro atoms. The smallest absolute Gasteiger partial charge is 0.0777 e. The highest BCUT2D eigenvalue weighted by atomic mass is 16.3. The Morgan fingerprint density at radius 3 is 2.38 bits per heavy atom. The molecule has 0 saturated carbocycles. The van der Waals surface area contributed by atoms with Crippen LogP contribution in [0, 0.1) is 0 Å². The zero-order valence-corrected chi connectivity index (χ0v) is 8.19. The average molecular weight is 188 g/mol. The lowest BCUT2D eigenvalue weighted by atomic mass is 10.1. The van der Waals surface area contributed by atoms with E-state index in [9.17, 15) is 5.11 Å². The molecule has 13 heavy (non-hydrogen) atoms. The minimum Gasteiger partial charge on any atom is -0.516 e. The molecule has 0 aliphatic heterocycles. The molecule has 3 heteroatoms. The summed E-state index contributed by atoms with van der Waals surface area (Å²) in [6.07, 6.45) is 5.29. The van der Waals surface area contributed by atoms with Crippen molar-refractivity contribution in [2.45, 2.75) is 51.2 Å². The predicted molar refractivity (Wildman–Crippen MR) is 52.5 cm³/mol. The molecule has 0 fully saturated rings. The lowest BCUT2D eigenvalue weighted by Crippen LogP contribution is -2.08. The maximum absolute atomic E-state index is 9.34. The van der Waals surface area contributed by atoms with E-state index in [1.54, 1.807) is 0 Å². The van der Waals surface area contributed by atoms with Crippen LogP contribution in [0.1, 0.15) is 39.0 Å². The first-order valence-electron chi connectivity index (χ1n) is 4.87. The molecule has 2 atom stereocenters. The minimum absolute atomic E-state index is 0.240. The van der Waals surface area contributed by atoms with Crippen LogP contribution in [0.25, 0.3) is 0 Å². The number of aliphatic hydroxyl groups is 3. The van der Waals surface area contributed by atoms with Crippen LogP contribution in [0.3, 0.4) is 0 Å². The highest BCUT2D eigenvalue weighted by Gasteiger charge is 2.04. The monoisotopic (exact) mass is 188 g/mol. The first-order valence-corrected chi connectivity index (χ1v) is 4.87. The summed E-state index contributed by atoms with van der Waals surface area (Å²) in [5.74, 6) is 0. The normalized spacial score (nSPS) is 16.2. The molecule has 0 heterocycles. The zero-order chi connectivity index (χ0) is 10.1. The van der Waals surface area contributed by atoms with Crippen LogP contribution in [0.15, 0.2) is 12.3 Å². The third-order valence-corrected chi connectivity index (χ3v) is 1.97. The Balaban J connectivity index is 3.33. The van der Waals surface area contributed by atoms with Crippen LogP contribution in [0.2, 0.25) is 0 Å². The Morgan fingerprint density at radius 2 is 1.85 bits per heavy atom. The first-order chi connectivity index (χ1) is 6.20. The van der Waals surface area contributed by atoms with Crippen LogP contribution in [0.5, 0.6) is 0 Å². The van der Waals surface area contributed by atoms with Gasteiger partial charge in [0.25, 0.3) is 0 Å². The Bertz CT molecular complexity index is 134. The van der Waals surface area contributed by atoms with Crippen LogP contribution in [0.4, 0.5) is 0 Å². The Labute approximate surface area is 79.7 Å². The second-order valence-corrected chi connectivity index (χ2v) is 3.28. The zero-order valence-electron chi connectivity index (χ0n) is 8.19. The van der Waals surface area contributed by atoms with E-state index in [2.05, 4.69) is 0 Å². The molecule has 0 rings (SSSR count). The number of rotatable bonds is 7. The maximum atomic E-state index is 9.34. The van der Waals surface area contributed by atoms with Crippen molar-refractivity contribution in [2.24, 2.45) is 0 Å². The number of aliphatic hydroxyl groups excluding tert-OH is 3. The third-order valence-electron chi connectivity index (χ3n) is 1.97. The molecule has 78 valence electrons. The van der Waals surface area contributed by atoms with Gasteiger partial charge in [0.2, 0.25) is 0 Å². The topological polar surface area (TPSA) is 60.7 Å². The van der Waals surface area contributed by atoms with Gasteiger partial charge in [-0.25, -0.2) is 0 Å². The lowest BCUT2D eigenvalue weighted by Gasteiger charge is -2.09. The molecule has 0 saturated heterocycles. The van der Waals surface area contributed by atoms with Crippen LogP contribution >= 0.6 is 0 Å². The third kappa shape index (κ3) is 7.81. The molecule has 0 radical (unpaired) electrons. The second-order valence-electron chi connectivity index (χ2n) is 3.28. The lowest BCUT2D eigenvalue weighted by molar-refractivity contribution is 0.140.